The van der Waals surface area contributed by atoms with Crippen molar-refractivity contribution in [2.45, 2.75) is 71.2 Å². The Kier molecular flexibility index (Phi) is 6.25. The Morgan fingerprint density at radius 3 is 2.77 bits per heavy atom. The van der Waals surface area contributed by atoms with E-state index in [1.807, 2.05) is 35.2 Å². The Morgan fingerprint density at radius 2 is 2.00 bits per heavy atom. The summed E-state index contributed by atoms with van der Waals surface area (Å²) in [7, 11) is 0. The molecule has 2 aliphatic heterocycles. The molecule has 1 aromatic rings. The van der Waals surface area contributed by atoms with E-state index in [9.17, 15) is 9.59 Å². The molecule has 30 heavy (non-hydrogen) atoms. The van der Waals surface area contributed by atoms with E-state index in [-0.39, 0.29) is 30.1 Å². The third kappa shape index (κ3) is 4.30. The highest BCUT2D eigenvalue weighted by Crippen LogP contribution is 2.38. The summed E-state index contributed by atoms with van der Waals surface area (Å²) >= 11 is 0. The summed E-state index contributed by atoms with van der Waals surface area (Å²) in [4.78, 5) is 29.8. The second-order valence-electron chi connectivity index (χ2n) is 9.04. The molecule has 1 aliphatic carbocycles. The van der Waals surface area contributed by atoms with E-state index in [1.165, 1.54) is 0 Å². The van der Waals surface area contributed by atoms with E-state index in [1.54, 1.807) is 0 Å². The number of carbonyl (C=O) groups is 2. The molecule has 3 unspecified atom stereocenters. The van der Waals surface area contributed by atoms with Gasteiger partial charge in [0.25, 0.3) is 0 Å². The van der Waals surface area contributed by atoms with Crippen molar-refractivity contribution in [1.82, 2.24) is 20.5 Å². The second-order valence-corrected chi connectivity index (χ2v) is 9.04. The van der Waals surface area contributed by atoms with Gasteiger partial charge in [0.15, 0.2) is 6.29 Å². The number of amides is 2. The third-order valence-electron chi connectivity index (χ3n) is 6.32. The van der Waals surface area contributed by atoms with Gasteiger partial charge in [-0.1, -0.05) is 57.0 Å². The van der Waals surface area contributed by atoms with Crippen LogP contribution in [-0.2, 0) is 16.1 Å². The van der Waals surface area contributed by atoms with Crippen LogP contribution in [0.4, 0.5) is 0 Å². The molecule has 2 N–H and O–H groups in total. The minimum absolute atomic E-state index is 0.0253. The Bertz CT molecular complexity index is 794. The topological polar surface area (TPSA) is 77.0 Å². The highest BCUT2D eigenvalue weighted by atomic mass is 16.2. The van der Waals surface area contributed by atoms with E-state index in [0.717, 1.165) is 43.6 Å². The number of hydrogen-bond donors (Lipinski definition) is 2. The van der Waals surface area contributed by atoms with Crippen molar-refractivity contribution in [3.05, 3.63) is 35.9 Å². The van der Waals surface area contributed by atoms with Gasteiger partial charge in [-0.2, -0.15) is 5.10 Å². The lowest BCUT2D eigenvalue weighted by molar-refractivity contribution is -0.156. The molecule has 2 amide bonds. The highest BCUT2D eigenvalue weighted by Gasteiger charge is 2.50. The summed E-state index contributed by atoms with van der Waals surface area (Å²) in [5.41, 5.74) is 4.29. The molecule has 3 atom stereocenters. The molecule has 0 bridgehead atoms. The number of nitrogens with zero attached hydrogens (tertiary/aromatic N) is 3. The van der Waals surface area contributed by atoms with Crippen molar-refractivity contribution < 1.29 is 9.59 Å². The fourth-order valence-electron chi connectivity index (χ4n) is 4.93. The highest BCUT2D eigenvalue weighted by molar-refractivity contribution is 5.91. The summed E-state index contributed by atoms with van der Waals surface area (Å²) in [6.45, 7) is 5.53. The maximum Gasteiger partial charge on any atom is 0.230 e. The molecule has 7 heteroatoms. The molecule has 0 spiro atoms. The molecule has 1 saturated carbocycles. The number of fused-ring (bicyclic) bond motifs is 3. The van der Waals surface area contributed by atoms with Crippen LogP contribution in [0, 0.1) is 11.8 Å². The Hall–Kier alpha value is -2.57. The summed E-state index contributed by atoms with van der Waals surface area (Å²) in [5, 5.41) is 7.57. The van der Waals surface area contributed by atoms with Crippen LogP contribution >= 0.6 is 0 Å². The van der Waals surface area contributed by atoms with Crippen LogP contribution in [0.2, 0.25) is 0 Å². The Labute approximate surface area is 178 Å². The van der Waals surface area contributed by atoms with Gasteiger partial charge in [0.2, 0.25) is 11.8 Å². The zero-order chi connectivity index (χ0) is 21.1. The maximum absolute atomic E-state index is 13.2. The first-order valence-corrected chi connectivity index (χ1v) is 11.3. The number of amidine groups is 1. The molecule has 2 heterocycles. The lowest BCUT2D eigenvalue weighted by Crippen LogP contribution is -2.67. The molecule has 1 aromatic carbocycles. The first-order valence-electron chi connectivity index (χ1n) is 11.3. The van der Waals surface area contributed by atoms with Crippen LogP contribution in [0.5, 0.6) is 0 Å². The van der Waals surface area contributed by atoms with Gasteiger partial charge >= 0.3 is 0 Å². The number of hydrogen-bond acceptors (Lipinski definition) is 5. The Balaban J connectivity index is 1.39. The van der Waals surface area contributed by atoms with Crippen molar-refractivity contribution in [2.24, 2.45) is 16.9 Å². The van der Waals surface area contributed by atoms with Crippen molar-refractivity contribution in [3.63, 3.8) is 0 Å². The molecule has 4 rings (SSSR count). The molecular formula is C23H33N5O2. The van der Waals surface area contributed by atoms with Crippen LogP contribution in [0.25, 0.3) is 0 Å². The third-order valence-corrected chi connectivity index (χ3v) is 6.32. The fourth-order valence-corrected chi connectivity index (χ4v) is 4.93. The number of benzene rings is 1. The summed E-state index contributed by atoms with van der Waals surface area (Å²) in [6, 6.07) is 10.1. The van der Waals surface area contributed by atoms with E-state index in [4.69, 9.17) is 0 Å². The average Bonchev–Trinajstić information content (AvgIpc) is 3.18. The second kappa shape index (κ2) is 9.06. The molecule has 162 valence electrons. The first-order chi connectivity index (χ1) is 14.5. The quantitative estimate of drug-likeness (QED) is 0.723. The van der Waals surface area contributed by atoms with Gasteiger partial charge in [0.1, 0.15) is 5.84 Å². The number of nitrogens with one attached hydrogen (secondary N) is 2. The van der Waals surface area contributed by atoms with Gasteiger partial charge in [0, 0.05) is 32.0 Å². The average molecular weight is 412 g/mol. The lowest BCUT2D eigenvalue weighted by Gasteiger charge is -2.51. The normalized spacial score (nSPS) is 25.5. The fraction of sp³-hybridized carbons (Fsp3) is 0.609. The molecular weight excluding hydrogens is 378 g/mol. The van der Waals surface area contributed by atoms with Crippen molar-refractivity contribution in [2.75, 3.05) is 6.54 Å². The molecule has 7 nitrogen and oxygen atoms in total. The minimum atomic E-state index is -0.207. The van der Waals surface area contributed by atoms with Crippen molar-refractivity contribution in [3.8, 4) is 0 Å². The van der Waals surface area contributed by atoms with Crippen LogP contribution in [0.15, 0.2) is 35.4 Å². The molecule has 3 aliphatic rings. The minimum Gasteiger partial charge on any atom is -0.352 e. The summed E-state index contributed by atoms with van der Waals surface area (Å²) in [6.07, 6.45) is 5.00. The predicted octanol–water partition coefficient (Wildman–Crippen LogP) is 2.64. The molecule has 0 aromatic heterocycles. The van der Waals surface area contributed by atoms with Gasteiger partial charge in [-0.25, -0.2) is 0 Å². The standard InChI is InChI=1S/C23H33N5O2/c1-16(2)15-27-22(30)18-10-6-7-11-19(18)28-20(25-26-23(27)28)12-13-21(29)24-14-17-8-4-3-5-9-17/h3-5,8-9,16,18-19,23,26H,6-7,10-15H2,1-2H3,(H,24,29). The lowest BCUT2D eigenvalue weighted by atomic mass is 9.80. The first kappa shape index (κ1) is 20.7. The van der Waals surface area contributed by atoms with Gasteiger partial charge in [-0.3, -0.25) is 15.0 Å². The molecule has 0 radical (unpaired) electrons. The van der Waals surface area contributed by atoms with Crippen LogP contribution in [0.3, 0.4) is 0 Å². The van der Waals surface area contributed by atoms with Crippen molar-refractivity contribution >= 4 is 17.6 Å². The summed E-state index contributed by atoms with van der Waals surface area (Å²) in [5.74, 6) is 1.64. The monoisotopic (exact) mass is 411 g/mol. The Morgan fingerprint density at radius 1 is 1.23 bits per heavy atom. The van der Waals surface area contributed by atoms with E-state index in [0.29, 0.717) is 25.3 Å². The zero-order valence-corrected chi connectivity index (χ0v) is 18.0. The zero-order valence-electron chi connectivity index (χ0n) is 18.0. The van der Waals surface area contributed by atoms with Gasteiger partial charge in [0.05, 0.1) is 5.92 Å². The number of hydrazone groups is 1. The summed E-state index contributed by atoms with van der Waals surface area (Å²) < 4.78 is 0. The van der Waals surface area contributed by atoms with Gasteiger partial charge in [-0.05, 0) is 24.3 Å². The van der Waals surface area contributed by atoms with Crippen molar-refractivity contribution in [1.29, 1.82) is 0 Å². The van der Waals surface area contributed by atoms with Crippen LogP contribution in [0.1, 0.15) is 57.9 Å². The molecule has 2 fully saturated rings. The number of carbonyl (C=O) groups excluding carboxylic acids is 2. The van der Waals surface area contributed by atoms with E-state index >= 15 is 0 Å². The van der Waals surface area contributed by atoms with Crippen LogP contribution in [-0.4, -0.2) is 46.3 Å². The molecule has 1 saturated heterocycles. The van der Waals surface area contributed by atoms with Gasteiger partial charge in [-0.15, -0.1) is 0 Å². The van der Waals surface area contributed by atoms with Crippen LogP contribution < -0.4 is 10.7 Å². The van der Waals surface area contributed by atoms with Gasteiger partial charge < -0.3 is 15.1 Å². The SMILES string of the molecule is CC(C)CN1C(=O)C2CCCCC2N2C(CCC(=O)NCc3ccccc3)=NNC12. The van der Waals surface area contributed by atoms with E-state index < -0.39 is 0 Å². The predicted molar refractivity (Wildman–Crippen MR) is 116 cm³/mol. The van der Waals surface area contributed by atoms with E-state index in [2.05, 4.69) is 34.6 Å². The smallest absolute Gasteiger partial charge is 0.230 e. The maximum atomic E-state index is 13.2. The largest absolute Gasteiger partial charge is 0.352 e. The number of rotatable bonds is 7.